The lowest BCUT2D eigenvalue weighted by atomic mass is 9.85. The number of para-hydroxylation sites is 1. The van der Waals surface area contributed by atoms with Crippen LogP contribution in [0.3, 0.4) is 0 Å². The zero-order chi connectivity index (χ0) is 19.2. The summed E-state index contributed by atoms with van der Waals surface area (Å²) in [5.74, 6) is 0.903. The number of unbranched alkanes of at least 4 members (excludes halogenated alkanes) is 5. The van der Waals surface area contributed by atoms with E-state index in [-0.39, 0.29) is 5.92 Å². The van der Waals surface area contributed by atoms with Crippen molar-refractivity contribution in [3.63, 3.8) is 0 Å². The van der Waals surface area contributed by atoms with Gasteiger partial charge < -0.3 is 9.84 Å². The first-order valence-corrected chi connectivity index (χ1v) is 10.3. The van der Waals surface area contributed by atoms with Gasteiger partial charge in [0.15, 0.2) is 0 Å². The molecule has 2 aromatic rings. The molecule has 1 unspecified atom stereocenters. The van der Waals surface area contributed by atoms with Crippen LogP contribution < -0.4 is 4.74 Å². The van der Waals surface area contributed by atoms with Gasteiger partial charge in [0.2, 0.25) is 0 Å². The topological polar surface area (TPSA) is 46.5 Å². The summed E-state index contributed by atoms with van der Waals surface area (Å²) >= 11 is 0. The molecule has 27 heavy (non-hydrogen) atoms. The van der Waals surface area contributed by atoms with E-state index in [0.717, 1.165) is 35.3 Å². The van der Waals surface area contributed by atoms with Crippen molar-refractivity contribution in [1.29, 1.82) is 0 Å². The Labute approximate surface area is 162 Å². The standard InChI is InChI=1S/C24H30O3/c1-3-4-5-6-7-8-11-17(2)19-14-15-22-20(23(19)24(25)26)16-18-12-9-10-13-21(18)27-22/h9-10,12-15,17H,3-8,11,16H2,1-2H3,(H,25,26). The molecule has 1 aliphatic rings. The molecule has 1 N–H and O–H groups in total. The lowest BCUT2D eigenvalue weighted by Gasteiger charge is -2.24. The molecular weight excluding hydrogens is 336 g/mol. The molecule has 0 saturated carbocycles. The molecule has 144 valence electrons. The van der Waals surface area contributed by atoms with Crippen LogP contribution in [-0.2, 0) is 6.42 Å². The van der Waals surface area contributed by atoms with Crippen LogP contribution in [0.25, 0.3) is 0 Å². The van der Waals surface area contributed by atoms with Crippen LogP contribution in [0.2, 0.25) is 0 Å². The molecule has 3 nitrogen and oxygen atoms in total. The first kappa shape index (κ1) is 19.5. The van der Waals surface area contributed by atoms with Gasteiger partial charge >= 0.3 is 5.97 Å². The fourth-order valence-electron chi connectivity index (χ4n) is 4.03. The van der Waals surface area contributed by atoms with Crippen molar-refractivity contribution in [2.45, 2.75) is 71.1 Å². The third-order valence-corrected chi connectivity index (χ3v) is 5.60. The maximum absolute atomic E-state index is 12.1. The van der Waals surface area contributed by atoms with Gasteiger partial charge in [-0.15, -0.1) is 0 Å². The van der Waals surface area contributed by atoms with Crippen molar-refractivity contribution in [2.24, 2.45) is 0 Å². The Kier molecular flexibility index (Phi) is 6.54. The van der Waals surface area contributed by atoms with Crippen LogP contribution in [0.15, 0.2) is 36.4 Å². The number of ether oxygens (including phenoxy) is 1. The van der Waals surface area contributed by atoms with Gasteiger partial charge in [-0.1, -0.05) is 76.6 Å². The summed E-state index contributed by atoms with van der Waals surface area (Å²) in [7, 11) is 0. The molecule has 1 heterocycles. The van der Waals surface area contributed by atoms with E-state index in [1.165, 1.54) is 32.1 Å². The molecule has 3 rings (SSSR count). The van der Waals surface area contributed by atoms with Crippen LogP contribution in [0.5, 0.6) is 11.5 Å². The molecule has 0 saturated heterocycles. The van der Waals surface area contributed by atoms with Crippen molar-refractivity contribution in [2.75, 3.05) is 0 Å². The van der Waals surface area contributed by atoms with E-state index in [1.54, 1.807) is 0 Å². The summed E-state index contributed by atoms with van der Waals surface area (Å²) in [5.41, 5.74) is 3.25. The fourth-order valence-corrected chi connectivity index (χ4v) is 4.03. The molecule has 0 amide bonds. The zero-order valence-corrected chi connectivity index (χ0v) is 16.5. The lowest BCUT2D eigenvalue weighted by Crippen LogP contribution is -2.14. The highest BCUT2D eigenvalue weighted by molar-refractivity contribution is 5.93. The number of hydrogen-bond acceptors (Lipinski definition) is 2. The van der Waals surface area contributed by atoms with Gasteiger partial charge in [0.1, 0.15) is 11.5 Å². The summed E-state index contributed by atoms with van der Waals surface area (Å²) in [6.45, 7) is 4.38. The molecule has 0 aliphatic carbocycles. The van der Waals surface area contributed by atoms with Crippen LogP contribution >= 0.6 is 0 Å². The average Bonchev–Trinajstić information content (AvgIpc) is 2.67. The Morgan fingerprint density at radius 3 is 2.56 bits per heavy atom. The van der Waals surface area contributed by atoms with Gasteiger partial charge in [0.25, 0.3) is 0 Å². The normalized spacial score (nSPS) is 13.4. The number of carboxylic acids is 1. The molecule has 0 fully saturated rings. The lowest BCUT2D eigenvalue weighted by molar-refractivity contribution is 0.0693. The number of rotatable bonds is 9. The monoisotopic (exact) mass is 366 g/mol. The predicted molar refractivity (Wildman–Crippen MR) is 109 cm³/mol. The Bertz CT molecular complexity index is 794. The summed E-state index contributed by atoms with van der Waals surface area (Å²) in [6.07, 6.45) is 9.19. The zero-order valence-electron chi connectivity index (χ0n) is 16.5. The molecule has 3 heteroatoms. The molecule has 0 radical (unpaired) electrons. The second-order valence-corrected chi connectivity index (χ2v) is 7.66. The second kappa shape index (κ2) is 9.07. The van der Waals surface area contributed by atoms with E-state index in [4.69, 9.17) is 4.74 Å². The Hall–Kier alpha value is -2.29. The van der Waals surface area contributed by atoms with Crippen LogP contribution in [0.4, 0.5) is 0 Å². The Morgan fingerprint density at radius 2 is 1.78 bits per heavy atom. The highest BCUT2D eigenvalue weighted by Gasteiger charge is 2.26. The largest absolute Gasteiger partial charge is 0.478 e. The van der Waals surface area contributed by atoms with Crippen LogP contribution in [-0.4, -0.2) is 11.1 Å². The van der Waals surface area contributed by atoms with Crippen molar-refractivity contribution in [3.8, 4) is 11.5 Å². The average molecular weight is 367 g/mol. The SMILES string of the molecule is CCCCCCCCC(C)c1ccc2c(c1C(=O)O)Cc1ccccc1O2. The van der Waals surface area contributed by atoms with Gasteiger partial charge in [0.05, 0.1) is 5.56 Å². The number of aromatic carboxylic acids is 1. The maximum Gasteiger partial charge on any atom is 0.336 e. The second-order valence-electron chi connectivity index (χ2n) is 7.66. The molecule has 0 spiro atoms. The molecule has 1 atom stereocenters. The minimum atomic E-state index is -0.848. The van der Waals surface area contributed by atoms with E-state index in [1.807, 2.05) is 36.4 Å². The van der Waals surface area contributed by atoms with E-state index in [2.05, 4.69) is 13.8 Å². The molecule has 1 aliphatic heterocycles. The van der Waals surface area contributed by atoms with Crippen molar-refractivity contribution in [1.82, 2.24) is 0 Å². The number of fused-ring (bicyclic) bond motifs is 2. The number of hydrogen-bond donors (Lipinski definition) is 1. The minimum absolute atomic E-state index is 0.241. The molecule has 0 bridgehead atoms. The van der Waals surface area contributed by atoms with Crippen molar-refractivity contribution >= 4 is 5.97 Å². The van der Waals surface area contributed by atoms with Crippen LogP contribution in [0.1, 0.15) is 91.8 Å². The van der Waals surface area contributed by atoms with E-state index >= 15 is 0 Å². The highest BCUT2D eigenvalue weighted by Crippen LogP contribution is 2.41. The van der Waals surface area contributed by atoms with Gasteiger partial charge in [-0.05, 0) is 35.6 Å². The minimum Gasteiger partial charge on any atom is -0.478 e. The molecule has 2 aromatic carbocycles. The maximum atomic E-state index is 12.1. The highest BCUT2D eigenvalue weighted by atomic mass is 16.5. The quantitative estimate of drug-likeness (QED) is 0.417. The first-order valence-electron chi connectivity index (χ1n) is 10.3. The Morgan fingerprint density at radius 1 is 1.04 bits per heavy atom. The third-order valence-electron chi connectivity index (χ3n) is 5.60. The van der Waals surface area contributed by atoms with E-state index < -0.39 is 5.97 Å². The van der Waals surface area contributed by atoms with Crippen LogP contribution in [0, 0.1) is 0 Å². The summed E-state index contributed by atoms with van der Waals surface area (Å²) in [6, 6.07) is 11.8. The summed E-state index contributed by atoms with van der Waals surface area (Å²) < 4.78 is 5.98. The predicted octanol–water partition coefficient (Wildman–Crippen LogP) is 6.94. The first-order chi connectivity index (χ1) is 13.1. The smallest absolute Gasteiger partial charge is 0.336 e. The summed E-state index contributed by atoms with van der Waals surface area (Å²) in [4.78, 5) is 12.1. The van der Waals surface area contributed by atoms with Gasteiger partial charge in [-0.3, -0.25) is 0 Å². The van der Waals surface area contributed by atoms with E-state index in [9.17, 15) is 9.90 Å². The van der Waals surface area contributed by atoms with Gasteiger partial charge in [-0.25, -0.2) is 4.79 Å². The fraction of sp³-hybridized carbons (Fsp3) is 0.458. The van der Waals surface area contributed by atoms with E-state index in [0.29, 0.717) is 17.7 Å². The molecule has 0 aromatic heterocycles. The molecular formula is C24H30O3. The summed E-state index contributed by atoms with van der Waals surface area (Å²) in [5, 5.41) is 9.93. The number of carbonyl (C=O) groups is 1. The third kappa shape index (κ3) is 4.52. The Balaban J connectivity index is 1.76. The number of carboxylic acid groups (broad SMARTS) is 1. The number of benzene rings is 2. The van der Waals surface area contributed by atoms with Crippen molar-refractivity contribution in [3.05, 3.63) is 58.7 Å². The van der Waals surface area contributed by atoms with Gasteiger partial charge in [-0.2, -0.15) is 0 Å². The van der Waals surface area contributed by atoms with Gasteiger partial charge in [0, 0.05) is 12.0 Å². The van der Waals surface area contributed by atoms with Crippen molar-refractivity contribution < 1.29 is 14.6 Å².